The molecule has 2 fully saturated rings. The van der Waals surface area contributed by atoms with Crippen LogP contribution in [-0.4, -0.2) is 63.7 Å². The van der Waals surface area contributed by atoms with Crippen molar-refractivity contribution >= 4 is 11.9 Å². The number of amides is 1. The summed E-state index contributed by atoms with van der Waals surface area (Å²) in [6.45, 7) is 3.49. The number of carbonyl (C=O) groups excluding carboxylic acids is 2. The lowest BCUT2D eigenvalue weighted by Gasteiger charge is -2.44. The highest BCUT2D eigenvalue weighted by atomic mass is 16.6. The molecule has 1 amide bonds. The highest BCUT2D eigenvalue weighted by Crippen LogP contribution is 2.36. The summed E-state index contributed by atoms with van der Waals surface area (Å²) in [5, 5.41) is 20.2. The Morgan fingerprint density at radius 2 is 1.96 bits per heavy atom. The molecule has 4 unspecified atom stereocenters. The zero-order chi connectivity index (χ0) is 16.8. The van der Waals surface area contributed by atoms with E-state index in [1.165, 1.54) is 4.90 Å². The summed E-state index contributed by atoms with van der Waals surface area (Å²) in [5.41, 5.74) is -0.601. The van der Waals surface area contributed by atoms with Gasteiger partial charge in [-0.25, -0.2) is 4.79 Å². The lowest BCUT2D eigenvalue weighted by atomic mass is 9.92. The van der Waals surface area contributed by atoms with Gasteiger partial charge in [-0.2, -0.15) is 0 Å². The molecule has 1 aromatic carbocycles. The fourth-order valence-corrected chi connectivity index (χ4v) is 3.11. The monoisotopic (exact) mass is 321 g/mol. The van der Waals surface area contributed by atoms with Crippen molar-refractivity contribution in [3.05, 3.63) is 35.9 Å². The summed E-state index contributed by atoms with van der Waals surface area (Å²) >= 11 is 0. The van der Waals surface area contributed by atoms with Gasteiger partial charge in [-0.15, -0.1) is 0 Å². The van der Waals surface area contributed by atoms with Crippen molar-refractivity contribution < 1.29 is 29.3 Å². The molecular weight excluding hydrogens is 302 g/mol. The van der Waals surface area contributed by atoms with Gasteiger partial charge in [-0.1, -0.05) is 18.2 Å². The van der Waals surface area contributed by atoms with Gasteiger partial charge in [-0.05, 0) is 26.0 Å². The second-order valence-electron chi connectivity index (χ2n) is 6.20. The van der Waals surface area contributed by atoms with Crippen LogP contribution in [-0.2, 0) is 14.3 Å². The fourth-order valence-electron chi connectivity index (χ4n) is 3.11. The standard InChI is InChI=1S/C16H19NO6/c1-16(2)17-10(8-22-16)13(11(18)12(19)14(17)20)23-15(21)9-6-4-3-5-7-9/h3-7,10-13,18-19H,8H2,1-2H3. The molecule has 0 spiro atoms. The maximum atomic E-state index is 12.2. The average Bonchev–Trinajstić information content (AvgIpc) is 2.85. The zero-order valence-corrected chi connectivity index (χ0v) is 12.9. The van der Waals surface area contributed by atoms with Gasteiger partial charge in [-0.3, -0.25) is 4.79 Å². The van der Waals surface area contributed by atoms with Crippen molar-refractivity contribution in [1.29, 1.82) is 0 Å². The summed E-state index contributed by atoms with van der Waals surface area (Å²) in [4.78, 5) is 25.8. The predicted molar refractivity (Wildman–Crippen MR) is 78.3 cm³/mol. The molecule has 0 bridgehead atoms. The Hall–Kier alpha value is -1.96. The maximum absolute atomic E-state index is 12.2. The van der Waals surface area contributed by atoms with Crippen molar-refractivity contribution in [1.82, 2.24) is 4.90 Å². The van der Waals surface area contributed by atoms with Gasteiger partial charge >= 0.3 is 5.97 Å². The van der Waals surface area contributed by atoms with Crippen LogP contribution in [0, 0.1) is 0 Å². The van der Waals surface area contributed by atoms with Crippen molar-refractivity contribution in [2.24, 2.45) is 0 Å². The number of esters is 1. The molecule has 4 atom stereocenters. The molecule has 0 saturated carbocycles. The second kappa shape index (κ2) is 5.59. The second-order valence-corrected chi connectivity index (χ2v) is 6.20. The van der Waals surface area contributed by atoms with E-state index in [2.05, 4.69) is 0 Å². The van der Waals surface area contributed by atoms with Crippen LogP contribution in [0.4, 0.5) is 0 Å². The number of hydrogen-bond acceptors (Lipinski definition) is 6. The van der Waals surface area contributed by atoms with Crippen molar-refractivity contribution in [3.63, 3.8) is 0 Å². The van der Waals surface area contributed by atoms with Crippen LogP contribution in [0.1, 0.15) is 24.2 Å². The molecule has 0 aromatic heterocycles. The predicted octanol–water partition coefficient (Wildman–Crippen LogP) is -0.0891. The number of ether oxygens (including phenoxy) is 2. The van der Waals surface area contributed by atoms with Gasteiger partial charge in [0, 0.05) is 0 Å². The number of carbonyl (C=O) groups is 2. The van der Waals surface area contributed by atoms with Crippen LogP contribution < -0.4 is 0 Å². The zero-order valence-electron chi connectivity index (χ0n) is 12.9. The van der Waals surface area contributed by atoms with Gasteiger partial charge in [0.05, 0.1) is 18.2 Å². The number of piperidine rings is 1. The van der Waals surface area contributed by atoms with E-state index >= 15 is 0 Å². The Balaban J connectivity index is 1.86. The van der Waals surface area contributed by atoms with Crippen LogP contribution in [0.15, 0.2) is 30.3 Å². The average molecular weight is 321 g/mol. The van der Waals surface area contributed by atoms with Crippen LogP contribution in [0.2, 0.25) is 0 Å². The molecule has 2 saturated heterocycles. The molecule has 7 nitrogen and oxygen atoms in total. The molecule has 3 rings (SSSR count). The summed E-state index contributed by atoms with van der Waals surface area (Å²) in [5.74, 6) is -1.25. The molecule has 0 radical (unpaired) electrons. The largest absolute Gasteiger partial charge is 0.454 e. The molecule has 0 aliphatic carbocycles. The van der Waals surface area contributed by atoms with E-state index in [1.54, 1.807) is 44.2 Å². The van der Waals surface area contributed by atoms with E-state index in [-0.39, 0.29) is 6.61 Å². The summed E-state index contributed by atoms with van der Waals surface area (Å²) < 4.78 is 11.0. The van der Waals surface area contributed by atoms with Crippen molar-refractivity contribution in [2.75, 3.05) is 6.61 Å². The van der Waals surface area contributed by atoms with Crippen molar-refractivity contribution in [2.45, 2.75) is 43.9 Å². The number of nitrogens with zero attached hydrogens (tertiary/aromatic N) is 1. The van der Waals surface area contributed by atoms with Gasteiger partial charge < -0.3 is 24.6 Å². The number of benzene rings is 1. The molecule has 1 aromatic rings. The SMILES string of the molecule is CC1(C)OCC2C(OC(=O)c3ccccc3)C(O)C(O)C(=O)N21. The van der Waals surface area contributed by atoms with E-state index < -0.39 is 42.0 Å². The highest BCUT2D eigenvalue weighted by Gasteiger charge is 2.57. The third-order valence-corrected chi connectivity index (χ3v) is 4.30. The summed E-state index contributed by atoms with van der Waals surface area (Å²) in [6, 6.07) is 7.70. The first-order valence-electron chi connectivity index (χ1n) is 7.42. The number of rotatable bonds is 2. The fraction of sp³-hybridized carbons (Fsp3) is 0.500. The molecule has 2 aliphatic heterocycles. The third-order valence-electron chi connectivity index (χ3n) is 4.30. The van der Waals surface area contributed by atoms with Crippen LogP contribution in [0.5, 0.6) is 0 Å². The Bertz CT molecular complexity index is 616. The van der Waals surface area contributed by atoms with Gasteiger partial charge in [0.1, 0.15) is 11.8 Å². The first-order chi connectivity index (χ1) is 10.8. The molecular formula is C16H19NO6. The normalized spacial score (nSPS) is 32.5. The Kier molecular flexibility index (Phi) is 3.87. The molecule has 7 heteroatoms. The number of hydrogen-bond donors (Lipinski definition) is 2. The van der Waals surface area contributed by atoms with Gasteiger partial charge in [0.15, 0.2) is 12.2 Å². The van der Waals surface area contributed by atoms with E-state index in [1.807, 2.05) is 0 Å². The minimum Gasteiger partial charge on any atom is -0.454 e. The molecule has 124 valence electrons. The maximum Gasteiger partial charge on any atom is 0.338 e. The summed E-state index contributed by atoms with van der Waals surface area (Å²) in [6.07, 6.45) is -4.20. The molecule has 23 heavy (non-hydrogen) atoms. The quantitative estimate of drug-likeness (QED) is 0.739. The van der Waals surface area contributed by atoms with Crippen LogP contribution in [0.25, 0.3) is 0 Å². The minimum absolute atomic E-state index is 0.120. The van der Waals surface area contributed by atoms with E-state index in [0.29, 0.717) is 5.56 Å². The van der Waals surface area contributed by atoms with Gasteiger partial charge in [0.2, 0.25) is 0 Å². The lowest BCUT2D eigenvalue weighted by Crippen LogP contribution is -2.67. The number of aliphatic hydroxyl groups is 2. The minimum atomic E-state index is -1.65. The van der Waals surface area contributed by atoms with E-state index in [0.717, 1.165) is 0 Å². The Morgan fingerprint density at radius 3 is 2.61 bits per heavy atom. The van der Waals surface area contributed by atoms with Gasteiger partial charge in [0.25, 0.3) is 5.91 Å². The highest BCUT2D eigenvalue weighted by molar-refractivity contribution is 5.90. The molecule has 2 heterocycles. The van der Waals surface area contributed by atoms with Crippen LogP contribution in [0.3, 0.4) is 0 Å². The third kappa shape index (κ3) is 2.60. The molecule has 2 aliphatic rings. The number of aliphatic hydroxyl groups excluding tert-OH is 2. The van der Waals surface area contributed by atoms with E-state index in [9.17, 15) is 19.8 Å². The first-order valence-corrected chi connectivity index (χ1v) is 7.42. The topological polar surface area (TPSA) is 96.3 Å². The molecule has 2 N–H and O–H groups in total. The Morgan fingerprint density at radius 1 is 1.30 bits per heavy atom. The smallest absolute Gasteiger partial charge is 0.338 e. The lowest BCUT2D eigenvalue weighted by molar-refractivity contribution is -0.184. The first kappa shape index (κ1) is 15.9. The van der Waals surface area contributed by atoms with Crippen molar-refractivity contribution in [3.8, 4) is 0 Å². The number of fused-ring (bicyclic) bond motifs is 1. The Labute approximate surface area is 133 Å². The summed E-state index contributed by atoms with van der Waals surface area (Å²) in [7, 11) is 0. The van der Waals surface area contributed by atoms with E-state index in [4.69, 9.17) is 9.47 Å². The van der Waals surface area contributed by atoms with Crippen LogP contribution >= 0.6 is 0 Å².